The summed E-state index contributed by atoms with van der Waals surface area (Å²) in [5.41, 5.74) is 9.24. The van der Waals surface area contributed by atoms with E-state index in [1.165, 1.54) is 0 Å². The van der Waals surface area contributed by atoms with E-state index in [0.29, 0.717) is 6.42 Å². The van der Waals surface area contributed by atoms with Gasteiger partial charge in [-0.3, -0.25) is 4.79 Å². The Kier molecular flexibility index (Phi) is 4.46. The quantitative estimate of drug-likeness (QED) is 0.809. The second-order valence-corrected chi connectivity index (χ2v) is 6.18. The highest BCUT2D eigenvalue weighted by Crippen LogP contribution is 2.32. The van der Waals surface area contributed by atoms with Gasteiger partial charge in [-0.05, 0) is 16.7 Å². The van der Waals surface area contributed by atoms with Crippen molar-refractivity contribution < 1.29 is 9.90 Å². The first-order valence-electron chi connectivity index (χ1n) is 7.94. The van der Waals surface area contributed by atoms with Crippen molar-refractivity contribution in [2.45, 2.75) is 31.5 Å². The van der Waals surface area contributed by atoms with Crippen LogP contribution in [0.5, 0.6) is 0 Å². The number of carbonyl (C=O) groups excluding carboxylic acids is 1. The van der Waals surface area contributed by atoms with Crippen LogP contribution in [0.2, 0.25) is 0 Å². The van der Waals surface area contributed by atoms with Gasteiger partial charge in [-0.15, -0.1) is 0 Å². The summed E-state index contributed by atoms with van der Waals surface area (Å²) < 4.78 is 0. The summed E-state index contributed by atoms with van der Waals surface area (Å²) in [6.07, 6.45) is -0.0169. The highest BCUT2D eigenvalue weighted by Gasteiger charge is 2.33. The topological polar surface area (TPSA) is 75.3 Å². The molecule has 4 nitrogen and oxygen atoms in total. The number of hydrogen-bond acceptors (Lipinski definition) is 3. The predicted molar refractivity (Wildman–Crippen MR) is 89.6 cm³/mol. The van der Waals surface area contributed by atoms with E-state index in [0.717, 1.165) is 16.7 Å². The Morgan fingerprint density at radius 3 is 2.57 bits per heavy atom. The zero-order valence-corrected chi connectivity index (χ0v) is 13.1. The van der Waals surface area contributed by atoms with Gasteiger partial charge in [0.2, 0.25) is 5.91 Å². The number of hydrogen-bond donors (Lipinski definition) is 3. The summed E-state index contributed by atoms with van der Waals surface area (Å²) in [4.78, 5) is 12.6. The molecule has 0 fully saturated rings. The molecule has 2 aromatic rings. The molecule has 2 aromatic carbocycles. The van der Waals surface area contributed by atoms with Gasteiger partial charge in [0.25, 0.3) is 0 Å². The summed E-state index contributed by atoms with van der Waals surface area (Å²) in [6.45, 7) is 1.82. The number of amides is 1. The first kappa shape index (κ1) is 15.7. The van der Waals surface area contributed by atoms with Crippen molar-refractivity contribution in [1.82, 2.24) is 5.32 Å². The molecule has 0 aliphatic heterocycles. The van der Waals surface area contributed by atoms with Crippen molar-refractivity contribution in [2.75, 3.05) is 0 Å². The average Bonchev–Trinajstić information content (AvgIpc) is 2.90. The van der Waals surface area contributed by atoms with Crippen molar-refractivity contribution in [3.05, 3.63) is 71.3 Å². The number of fused-ring (bicyclic) bond motifs is 1. The zero-order valence-electron chi connectivity index (χ0n) is 13.1. The molecule has 4 heteroatoms. The third-order valence-corrected chi connectivity index (χ3v) is 4.64. The van der Waals surface area contributed by atoms with Gasteiger partial charge in [-0.1, -0.05) is 61.5 Å². The minimum Gasteiger partial charge on any atom is -0.390 e. The highest BCUT2D eigenvalue weighted by molar-refractivity contribution is 5.80. The molecule has 1 aliphatic rings. The van der Waals surface area contributed by atoms with Crippen LogP contribution in [-0.2, 0) is 11.2 Å². The van der Waals surface area contributed by atoms with E-state index >= 15 is 0 Å². The van der Waals surface area contributed by atoms with E-state index in [1.807, 2.05) is 61.5 Å². The fraction of sp³-hybridized carbons (Fsp3) is 0.316. The Labute approximate surface area is 136 Å². The second kappa shape index (κ2) is 6.52. The Morgan fingerprint density at radius 1 is 1.17 bits per heavy atom. The van der Waals surface area contributed by atoms with Gasteiger partial charge < -0.3 is 16.2 Å². The molecule has 0 aromatic heterocycles. The van der Waals surface area contributed by atoms with Gasteiger partial charge in [0.1, 0.15) is 0 Å². The summed E-state index contributed by atoms with van der Waals surface area (Å²) >= 11 is 0. The van der Waals surface area contributed by atoms with Crippen molar-refractivity contribution in [3.63, 3.8) is 0 Å². The molecule has 120 valence electrons. The van der Waals surface area contributed by atoms with E-state index in [4.69, 9.17) is 5.73 Å². The minimum absolute atomic E-state index is 0.137. The number of nitrogens with two attached hydrogens (primary N) is 1. The lowest BCUT2D eigenvalue weighted by Gasteiger charge is -2.24. The van der Waals surface area contributed by atoms with Crippen LogP contribution in [0.15, 0.2) is 54.6 Å². The molecule has 4 atom stereocenters. The maximum atomic E-state index is 12.6. The molecule has 23 heavy (non-hydrogen) atoms. The number of benzene rings is 2. The first-order valence-corrected chi connectivity index (χ1v) is 7.94. The number of carbonyl (C=O) groups is 1. The maximum absolute atomic E-state index is 12.6. The molecule has 0 radical (unpaired) electrons. The van der Waals surface area contributed by atoms with Crippen molar-refractivity contribution in [3.8, 4) is 0 Å². The van der Waals surface area contributed by atoms with Gasteiger partial charge in [-0.25, -0.2) is 0 Å². The van der Waals surface area contributed by atoms with E-state index < -0.39 is 6.10 Å². The molecular formula is C19H22N2O2. The molecule has 1 aliphatic carbocycles. The summed E-state index contributed by atoms with van der Waals surface area (Å²) in [5.74, 6) is -0.514. The lowest BCUT2D eigenvalue weighted by Crippen LogP contribution is -2.40. The Morgan fingerprint density at radius 2 is 1.83 bits per heavy atom. The van der Waals surface area contributed by atoms with Gasteiger partial charge in [-0.2, -0.15) is 0 Å². The van der Waals surface area contributed by atoms with Gasteiger partial charge in [0.05, 0.1) is 18.1 Å². The second-order valence-electron chi connectivity index (χ2n) is 6.18. The molecule has 0 saturated carbocycles. The van der Waals surface area contributed by atoms with Crippen molar-refractivity contribution in [1.29, 1.82) is 0 Å². The van der Waals surface area contributed by atoms with Crippen LogP contribution in [0.4, 0.5) is 0 Å². The maximum Gasteiger partial charge on any atom is 0.225 e. The fourth-order valence-corrected chi connectivity index (χ4v) is 3.16. The lowest BCUT2D eigenvalue weighted by molar-refractivity contribution is -0.126. The standard InChI is InChI=1S/C19H22N2O2/c1-12(17(20)13-7-3-2-4-8-13)19(23)21-18-15-10-6-5-9-14(15)11-16(18)22/h2-10,12,16-18,22H,11,20H2,1H3,(H,21,23)/t12?,16-,17?,18+/m1/s1. The normalized spacial score (nSPS) is 22.2. The smallest absolute Gasteiger partial charge is 0.225 e. The van der Waals surface area contributed by atoms with Crippen molar-refractivity contribution in [2.24, 2.45) is 11.7 Å². The highest BCUT2D eigenvalue weighted by atomic mass is 16.3. The molecular weight excluding hydrogens is 288 g/mol. The third-order valence-electron chi connectivity index (χ3n) is 4.64. The Bertz CT molecular complexity index is 687. The SMILES string of the molecule is CC(C(=O)N[C@H]1c2ccccc2C[C@H]1O)C(N)c1ccccc1. The monoisotopic (exact) mass is 310 g/mol. The predicted octanol–water partition coefficient (Wildman–Crippen LogP) is 2.10. The van der Waals surface area contributed by atoms with Crippen LogP contribution in [0.3, 0.4) is 0 Å². The van der Waals surface area contributed by atoms with Crippen LogP contribution >= 0.6 is 0 Å². The molecule has 2 unspecified atom stereocenters. The van der Waals surface area contributed by atoms with Gasteiger partial charge in [0.15, 0.2) is 0 Å². The van der Waals surface area contributed by atoms with Crippen molar-refractivity contribution >= 4 is 5.91 Å². The molecule has 0 spiro atoms. The summed E-state index contributed by atoms with van der Waals surface area (Å²) in [6, 6.07) is 16.7. The number of aliphatic hydroxyl groups is 1. The summed E-state index contributed by atoms with van der Waals surface area (Å²) in [7, 11) is 0. The van der Waals surface area contributed by atoms with E-state index in [2.05, 4.69) is 5.32 Å². The molecule has 4 N–H and O–H groups in total. The number of aliphatic hydroxyl groups excluding tert-OH is 1. The lowest BCUT2D eigenvalue weighted by atomic mass is 9.94. The van der Waals surface area contributed by atoms with Crippen LogP contribution in [-0.4, -0.2) is 17.1 Å². The van der Waals surface area contributed by atoms with E-state index in [1.54, 1.807) is 0 Å². The van der Waals surface area contributed by atoms with Crippen LogP contribution in [0, 0.1) is 5.92 Å². The Balaban J connectivity index is 1.72. The molecule has 1 amide bonds. The molecule has 0 heterocycles. The average molecular weight is 310 g/mol. The first-order chi connectivity index (χ1) is 11.1. The third kappa shape index (κ3) is 3.14. The largest absolute Gasteiger partial charge is 0.390 e. The number of nitrogens with one attached hydrogen (secondary N) is 1. The van der Waals surface area contributed by atoms with Crippen LogP contribution in [0.25, 0.3) is 0 Å². The van der Waals surface area contributed by atoms with Gasteiger partial charge >= 0.3 is 0 Å². The summed E-state index contributed by atoms with van der Waals surface area (Å²) in [5, 5.41) is 13.2. The fourth-order valence-electron chi connectivity index (χ4n) is 3.16. The Hall–Kier alpha value is -2.17. The van der Waals surface area contributed by atoms with E-state index in [9.17, 15) is 9.90 Å². The number of rotatable bonds is 4. The molecule has 3 rings (SSSR count). The van der Waals surface area contributed by atoms with E-state index in [-0.39, 0.29) is 23.9 Å². The molecule has 0 bridgehead atoms. The molecule has 0 saturated heterocycles. The van der Waals surface area contributed by atoms with Gasteiger partial charge in [0, 0.05) is 12.5 Å². The van der Waals surface area contributed by atoms with Crippen LogP contribution < -0.4 is 11.1 Å². The van der Waals surface area contributed by atoms with Crippen LogP contribution in [0.1, 0.15) is 35.7 Å². The zero-order chi connectivity index (χ0) is 16.4. The minimum atomic E-state index is -0.587.